The lowest BCUT2D eigenvalue weighted by Gasteiger charge is -2.07. The quantitative estimate of drug-likeness (QED) is 0.780. The highest BCUT2D eigenvalue weighted by atomic mass is 16.5. The molecule has 0 bridgehead atoms. The molecular formula is C18H17N3O3. The fourth-order valence-electron chi connectivity index (χ4n) is 2.39. The maximum absolute atomic E-state index is 11.2. The fraction of sp³-hybridized carbons (Fsp3) is 0.167. The van der Waals surface area contributed by atoms with Crippen molar-refractivity contribution in [3.63, 3.8) is 0 Å². The molecular weight excluding hydrogens is 306 g/mol. The molecule has 0 saturated carbocycles. The molecule has 0 spiro atoms. The predicted molar refractivity (Wildman–Crippen MR) is 89.7 cm³/mol. The van der Waals surface area contributed by atoms with Crippen molar-refractivity contribution in [2.45, 2.75) is 13.3 Å². The first-order chi connectivity index (χ1) is 11.6. The number of methoxy groups -OCH3 is 1. The summed E-state index contributed by atoms with van der Waals surface area (Å²) in [6.07, 6.45) is 0.689. The van der Waals surface area contributed by atoms with E-state index in [9.17, 15) is 9.90 Å². The summed E-state index contributed by atoms with van der Waals surface area (Å²) in [5.41, 5.74) is 1.76. The first-order valence-electron chi connectivity index (χ1n) is 7.56. The monoisotopic (exact) mass is 323 g/mol. The van der Waals surface area contributed by atoms with Gasteiger partial charge in [-0.05, 0) is 36.4 Å². The molecule has 3 rings (SSSR count). The van der Waals surface area contributed by atoms with Crippen molar-refractivity contribution in [1.82, 2.24) is 14.8 Å². The lowest BCUT2D eigenvalue weighted by Crippen LogP contribution is -2.01. The number of rotatable bonds is 5. The average molecular weight is 323 g/mol. The molecule has 0 aliphatic heterocycles. The third-order valence-corrected chi connectivity index (χ3v) is 3.65. The van der Waals surface area contributed by atoms with E-state index >= 15 is 0 Å². The van der Waals surface area contributed by atoms with Crippen LogP contribution in [0, 0.1) is 0 Å². The Labute approximate surface area is 139 Å². The SMILES string of the molecule is CCc1nc(-c2cccc(C(=O)O)c2)n(-c2ccc(OC)cc2)n1. The van der Waals surface area contributed by atoms with Crippen LogP contribution >= 0.6 is 0 Å². The highest BCUT2D eigenvalue weighted by molar-refractivity contribution is 5.89. The number of hydrogen-bond donors (Lipinski definition) is 1. The molecule has 0 radical (unpaired) electrons. The van der Waals surface area contributed by atoms with Crippen molar-refractivity contribution in [1.29, 1.82) is 0 Å². The van der Waals surface area contributed by atoms with E-state index in [1.54, 1.807) is 30.0 Å². The maximum atomic E-state index is 11.2. The Kier molecular flexibility index (Phi) is 4.29. The Morgan fingerprint density at radius 1 is 1.21 bits per heavy atom. The lowest BCUT2D eigenvalue weighted by molar-refractivity contribution is 0.0697. The number of carboxylic acids is 1. The smallest absolute Gasteiger partial charge is 0.335 e. The number of benzene rings is 2. The van der Waals surface area contributed by atoms with Crippen LogP contribution in [0.4, 0.5) is 0 Å². The summed E-state index contributed by atoms with van der Waals surface area (Å²) < 4.78 is 6.90. The van der Waals surface area contributed by atoms with Crippen LogP contribution in [-0.2, 0) is 6.42 Å². The summed E-state index contributed by atoms with van der Waals surface area (Å²) in [4.78, 5) is 15.8. The molecule has 2 aromatic carbocycles. The normalized spacial score (nSPS) is 10.6. The highest BCUT2D eigenvalue weighted by Crippen LogP contribution is 2.24. The number of aryl methyl sites for hydroxylation is 1. The molecule has 0 aliphatic rings. The van der Waals surface area contributed by atoms with Gasteiger partial charge in [-0.1, -0.05) is 19.1 Å². The van der Waals surface area contributed by atoms with E-state index in [0.717, 1.165) is 11.4 Å². The molecule has 3 aromatic rings. The molecule has 0 amide bonds. The number of aromatic carboxylic acids is 1. The van der Waals surface area contributed by atoms with Gasteiger partial charge in [-0.3, -0.25) is 0 Å². The van der Waals surface area contributed by atoms with E-state index in [2.05, 4.69) is 10.1 Å². The Balaban J connectivity index is 2.12. The molecule has 0 fully saturated rings. The number of carbonyl (C=O) groups is 1. The summed E-state index contributed by atoms with van der Waals surface area (Å²) in [6, 6.07) is 14.2. The molecule has 0 atom stereocenters. The second kappa shape index (κ2) is 6.54. The van der Waals surface area contributed by atoms with E-state index in [4.69, 9.17) is 4.74 Å². The summed E-state index contributed by atoms with van der Waals surface area (Å²) in [5.74, 6) is 1.09. The van der Waals surface area contributed by atoms with Crippen molar-refractivity contribution in [3.8, 4) is 22.8 Å². The Hall–Kier alpha value is -3.15. The summed E-state index contributed by atoms with van der Waals surface area (Å²) in [5, 5.41) is 13.7. The van der Waals surface area contributed by atoms with Crippen molar-refractivity contribution < 1.29 is 14.6 Å². The number of carboxylic acid groups (broad SMARTS) is 1. The van der Waals surface area contributed by atoms with Gasteiger partial charge in [0, 0.05) is 12.0 Å². The molecule has 24 heavy (non-hydrogen) atoms. The third kappa shape index (κ3) is 2.99. The first-order valence-corrected chi connectivity index (χ1v) is 7.56. The Morgan fingerprint density at radius 2 is 1.96 bits per heavy atom. The van der Waals surface area contributed by atoms with Gasteiger partial charge in [-0.2, -0.15) is 5.10 Å². The van der Waals surface area contributed by atoms with E-state index in [-0.39, 0.29) is 5.56 Å². The molecule has 1 N–H and O–H groups in total. The van der Waals surface area contributed by atoms with Gasteiger partial charge in [0.2, 0.25) is 0 Å². The molecule has 0 aliphatic carbocycles. The van der Waals surface area contributed by atoms with Crippen LogP contribution in [0.5, 0.6) is 5.75 Å². The van der Waals surface area contributed by atoms with Gasteiger partial charge in [0.1, 0.15) is 5.75 Å². The molecule has 122 valence electrons. The van der Waals surface area contributed by atoms with Gasteiger partial charge in [0.05, 0.1) is 18.4 Å². The number of ether oxygens (including phenoxy) is 1. The number of hydrogen-bond acceptors (Lipinski definition) is 4. The zero-order chi connectivity index (χ0) is 17.1. The van der Waals surface area contributed by atoms with E-state index in [0.29, 0.717) is 23.6 Å². The predicted octanol–water partition coefficient (Wildman–Crippen LogP) is 3.20. The van der Waals surface area contributed by atoms with Crippen LogP contribution in [0.3, 0.4) is 0 Å². The van der Waals surface area contributed by atoms with Crippen LogP contribution in [0.2, 0.25) is 0 Å². The van der Waals surface area contributed by atoms with Crippen molar-refractivity contribution in [3.05, 3.63) is 59.9 Å². The van der Waals surface area contributed by atoms with Gasteiger partial charge in [-0.25, -0.2) is 14.5 Å². The molecule has 0 unspecified atom stereocenters. The number of nitrogens with zero attached hydrogens (tertiary/aromatic N) is 3. The average Bonchev–Trinajstić information content (AvgIpc) is 3.06. The van der Waals surface area contributed by atoms with Gasteiger partial charge >= 0.3 is 5.97 Å². The van der Waals surface area contributed by atoms with Crippen molar-refractivity contribution in [2.75, 3.05) is 7.11 Å². The van der Waals surface area contributed by atoms with Crippen molar-refractivity contribution >= 4 is 5.97 Å². The third-order valence-electron chi connectivity index (χ3n) is 3.65. The second-order valence-electron chi connectivity index (χ2n) is 5.20. The second-order valence-corrected chi connectivity index (χ2v) is 5.20. The van der Waals surface area contributed by atoms with Gasteiger partial charge in [0.25, 0.3) is 0 Å². The van der Waals surface area contributed by atoms with Gasteiger partial charge < -0.3 is 9.84 Å². The van der Waals surface area contributed by atoms with Crippen LogP contribution in [0.1, 0.15) is 23.1 Å². The van der Waals surface area contributed by atoms with E-state index < -0.39 is 5.97 Å². The molecule has 1 heterocycles. The minimum absolute atomic E-state index is 0.217. The molecule has 0 saturated heterocycles. The minimum atomic E-state index is -0.969. The van der Waals surface area contributed by atoms with Crippen LogP contribution in [0.25, 0.3) is 17.1 Å². The highest BCUT2D eigenvalue weighted by Gasteiger charge is 2.14. The zero-order valence-corrected chi connectivity index (χ0v) is 13.4. The van der Waals surface area contributed by atoms with Crippen LogP contribution in [-0.4, -0.2) is 33.0 Å². The maximum Gasteiger partial charge on any atom is 0.335 e. The topological polar surface area (TPSA) is 77.2 Å². The summed E-state index contributed by atoms with van der Waals surface area (Å²) in [7, 11) is 1.61. The van der Waals surface area contributed by atoms with Gasteiger partial charge in [0.15, 0.2) is 11.6 Å². The summed E-state index contributed by atoms with van der Waals surface area (Å²) >= 11 is 0. The lowest BCUT2D eigenvalue weighted by atomic mass is 10.1. The molecule has 1 aromatic heterocycles. The van der Waals surface area contributed by atoms with E-state index in [1.807, 2.05) is 37.3 Å². The van der Waals surface area contributed by atoms with Crippen LogP contribution in [0.15, 0.2) is 48.5 Å². The minimum Gasteiger partial charge on any atom is -0.497 e. The first kappa shape index (κ1) is 15.7. The number of aromatic nitrogens is 3. The van der Waals surface area contributed by atoms with Crippen LogP contribution < -0.4 is 4.74 Å². The fourth-order valence-corrected chi connectivity index (χ4v) is 2.39. The van der Waals surface area contributed by atoms with Crippen molar-refractivity contribution in [2.24, 2.45) is 0 Å². The standard InChI is InChI=1S/C18H17N3O3/c1-3-16-19-17(12-5-4-6-13(11-12)18(22)23)21(20-16)14-7-9-15(24-2)10-8-14/h4-11H,3H2,1-2H3,(H,22,23). The van der Waals surface area contributed by atoms with Gasteiger partial charge in [-0.15, -0.1) is 0 Å². The Bertz CT molecular complexity index is 869. The Morgan fingerprint density at radius 3 is 2.58 bits per heavy atom. The van der Waals surface area contributed by atoms with E-state index in [1.165, 1.54) is 0 Å². The summed E-state index contributed by atoms with van der Waals surface area (Å²) in [6.45, 7) is 1.98. The largest absolute Gasteiger partial charge is 0.497 e. The molecule has 6 nitrogen and oxygen atoms in total. The molecule has 6 heteroatoms. The zero-order valence-electron chi connectivity index (χ0n) is 13.4.